The minimum Gasteiger partial charge on any atom is -0.371 e. The summed E-state index contributed by atoms with van der Waals surface area (Å²) in [4.78, 5) is 15.6. The SMILES string of the molecule is O=C(Nc1cccc(N2CCCC2)c1)c1ccccc1-c1ccc(Cn2cccn2)cc1. The molecule has 1 saturated heterocycles. The van der Waals surface area contributed by atoms with Crippen LogP contribution in [0.1, 0.15) is 28.8 Å². The first-order chi connectivity index (χ1) is 15.8. The van der Waals surface area contributed by atoms with E-state index in [1.165, 1.54) is 18.5 Å². The summed E-state index contributed by atoms with van der Waals surface area (Å²) >= 11 is 0. The fraction of sp³-hybridized carbons (Fsp3) is 0.185. The van der Waals surface area contributed by atoms with E-state index >= 15 is 0 Å². The summed E-state index contributed by atoms with van der Waals surface area (Å²) in [6.07, 6.45) is 6.19. The second kappa shape index (κ2) is 9.10. The lowest BCUT2D eigenvalue weighted by Crippen LogP contribution is -2.18. The van der Waals surface area contributed by atoms with Crippen LogP contribution in [0.15, 0.2) is 91.3 Å². The van der Waals surface area contributed by atoms with Crippen molar-refractivity contribution in [2.75, 3.05) is 23.3 Å². The predicted molar refractivity (Wildman–Crippen MR) is 129 cm³/mol. The van der Waals surface area contributed by atoms with Crippen molar-refractivity contribution in [3.63, 3.8) is 0 Å². The zero-order valence-corrected chi connectivity index (χ0v) is 17.9. The van der Waals surface area contributed by atoms with Crippen LogP contribution in [-0.2, 0) is 6.54 Å². The predicted octanol–water partition coefficient (Wildman–Crippen LogP) is 5.45. The Hall–Kier alpha value is -3.86. The maximum Gasteiger partial charge on any atom is 0.256 e. The molecule has 0 aliphatic carbocycles. The van der Waals surface area contributed by atoms with Crippen molar-refractivity contribution in [3.8, 4) is 11.1 Å². The zero-order valence-electron chi connectivity index (χ0n) is 17.9. The number of amides is 1. The Morgan fingerprint density at radius 2 is 1.72 bits per heavy atom. The number of carbonyl (C=O) groups is 1. The van der Waals surface area contributed by atoms with E-state index in [1.54, 1.807) is 6.20 Å². The van der Waals surface area contributed by atoms with Gasteiger partial charge in [-0.25, -0.2) is 0 Å². The monoisotopic (exact) mass is 422 g/mol. The summed E-state index contributed by atoms with van der Waals surface area (Å²) in [5, 5.41) is 7.36. The molecule has 1 aliphatic heterocycles. The minimum atomic E-state index is -0.0974. The van der Waals surface area contributed by atoms with Crippen molar-refractivity contribution in [1.82, 2.24) is 9.78 Å². The first-order valence-corrected chi connectivity index (χ1v) is 11.1. The molecule has 32 heavy (non-hydrogen) atoms. The fourth-order valence-corrected chi connectivity index (χ4v) is 4.26. The van der Waals surface area contributed by atoms with E-state index in [0.717, 1.165) is 42.0 Å². The molecular weight excluding hydrogens is 396 g/mol. The third-order valence-corrected chi connectivity index (χ3v) is 5.92. The molecule has 1 aliphatic rings. The lowest BCUT2D eigenvalue weighted by atomic mass is 9.98. The average molecular weight is 423 g/mol. The quantitative estimate of drug-likeness (QED) is 0.449. The van der Waals surface area contributed by atoms with E-state index in [2.05, 4.69) is 51.7 Å². The Bertz CT molecular complexity index is 1190. The van der Waals surface area contributed by atoms with Crippen molar-refractivity contribution in [2.45, 2.75) is 19.4 Å². The van der Waals surface area contributed by atoms with Crippen LogP contribution < -0.4 is 10.2 Å². The molecule has 160 valence electrons. The molecule has 0 saturated carbocycles. The molecule has 0 bridgehead atoms. The van der Waals surface area contributed by atoms with Gasteiger partial charge in [0, 0.05) is 42.4 Å². The van der Waals surface area contributed by atoms with Gasteiger partial charge >= 0.3 is 0 Å². The van der Waals surface area contributed by atoms with Crippen LogP contribution in [0.25, 0.3) is 11.1 Å². The number of aromatic nitrogens is 2. The Kier molecular flexibility index (Phi) is 5.71. The van der Waals surface area contributed by atoms with Crippen LogP contribution >= 0.6 is 0 Å². The molecule has 0 radical (unpaired) electrons. The Labute approximate surface area is 188 Å². The second-order valence-corrected chi connectivity index (χ2v) is 8.14. The number of carbonyl (C=O) groups excluding carboxylic acids is 1. The van der Waals surface area contributed by atoms with Gasteiger partial charge in [0.2, 0.25) is 0 Å². The van der Waals surface area contributed by atoms with Crippen LogP contribution in [0.5, 0.6) is 0 Å². The van der Waals surface area contributed by atoms with E-state index < -0.39 is 0 Å². The van der Waals surface area contributed by atoms with Crippen molar-refractivity contribution in [2.24, 2.45) is 0 Å². The van der Waals surface area contributed by atoms with E-state index in [1.807, 2.05) is 53.3 Å². The number of anilines is 2. The Balaban J connectivity index is 1.35. The molecule has 5 nitrogen and oxygen atoms in total. The van der Waals surface area contributed by atoms with Gasteiger partial charge in [-0.1, -0.05) is 48.5 Å². The molecule has 3 aromatic carbocycles. The molecule has 2 heterocycles. The molecule has 5 rings (SSSR count). The zero-order chi connectivity index (χ0) is 21.8. The van der Waals surface area contributed by atoms with Gasteiger partial charge in [-0.2, -0.15) is 5.10 Å². The van der Waals surface area contributed by atoms with Gasteiger partial charge in [0.1, 0.15) is 0 Å². The highest BCUT2D eigenvalue weighted by atomic mass is 16.1. The molecule has 0 unspecified atom stereocenters. The third kappa shape index (κ3) is 4.42. The Morgan fingerprint density at radius 1 is 0.906 bits per heavy atom. The van der Waals surface area contributed by atoms with Crippen molar-refractivity contribution in [3.05, 3.63) is 102 Å². The second-order valence-electron chi connectivity index (χ2n) is 8.14. The minimum absolute atomic E-state index is 0.0974. The normalized spacial score (nSPS) is 13.3. The van der Waals surface area contributed by atoms with Crippen LogP contribution in [0.2, 0.25) is 0 Å². The summed E-state index contributed by atoms with van der Waals surface area (Å²) < 4.78 is 1.90. The van der Waals surface area contributed by atoms with Crippen molar-refractivity contribution in [1.29, 1.82) is 0 Å². The first kappa shape index (κ1) is 20.1. The molecule has 1 N–H and O–H groups in total. The lowest BCUT2D eigenvalue weighted by Gasteiger charge is -2.18. The van der Waals surface area contributed by atoms with Gasteiger partial charge < -0.3 is 10.2 Å². The number of nitrogens with one attached hydrogen (secondary N) is 1. The number of hydrogen-bond donors (Lipinski definition) is 1. The topological polar surface area (TPSA) is 50.2 Å². The smallest absolute Gasteiger partial charge is 0.256 e. The van der Waals surface area contributed by atoms with Crippen LogP contribution in [0.4, 0.5) is 11.4 Å². The highest BCUT2D eigenvalue weighted by molar-refractivity contribution is 6.08. The average Bonchev–Trinajstić information content (AvgIpc) is 3.55. The Morgan fingerprint density at radius 3 is 2.50 bits per heavy atom. The number of nitrogens with zero attached hydrogens (tertiary/aromatic N) is 3. The van der Waals surface area contributed by atoms with Crippen LogP contribution in [-0.4, -0.2) is 28.8 Å². The number of rotatable bonds is 6. The van der Waals surface area contributed by atoms with Gasteiger partial charge in [0.15, 0.2) is 0 Å². The van der Waals surface area contributed by atoms with Gasteiger partial charge in [0.05, 0.1) is 6.54 Å². The van der Waals surface area contributed by atoms with Gasteiger partial charge in [-0.3, -0.25) is 9.48 Å². The molecule has 1 aromatic heterocycles. The van der Waals surface area contributed by atoms with E-state index in [4.69, 9.17) is 0 Å². The highest BCUT2D eigenvalue weighted by Gasteiger charge is 2.15. The third-order valence-electron chi connectivity index (χ3n) is 5.92. The molecule has 4 aromatic rings. The standard InChI is InChI=1S/C27H26N4O/c32-27(29-23-7-5-8-24(19-23)30-16-3-4-17-30)26-10-2-1-9-25(26)22-13-11-21(12-14-22)20-31-18-6-15-28-31/h1-2,5-15,18-19H,3-4,16-17,20H2,(H,29,32). The summed E-state index contributed by atoms with van der Waals surface area (Å²) in [5.74, 6) is -0.0974. The van der Waals surface area contributed by atoms with E-state index in [0.29, 0.717) is 5.56 Å². The molecule has 1 amide bonds. The van der Waals surface area contributed by atoms with Crippen LogP contribution in [0, 0.1) is 0 Å². The molecule has 1 fully saturated rings. The largest absolute Gasteiger partial charge is 0.371 e. The fourth-order valence-electron chi connectivity index (χ4n) is 4.26. The summed E-state index contributed by atoms with van der Waals surface area (Å²) in [6.45, 7) is 2.88. The molecular formula is C27H26N4O. The lowest BCUT2D eigenvalue weighted by molar-refractivity contribution is 0.102. The van der Waals surface area contributed by atoms with Gasteiger partial charge in [-0.05, 0) is 59.9 Å². The maximum absolute atomic E-state index is 13.2. The highest BCUT2D eigenvalue weighted by Crippen LogP contribution is 2.27. The van der Waals surface area contributed by atoms with Crippen LogP contribution in [0.3, 0.4) is 0 Å². The van der Waals surface area contributed by atoms with Crippen molar-refractivity contribution >= 4 is 17.3 Å². The summed E-state index contributed by atoms with van der Waals surface area (Å²) in [7, 11) is 0. The van der Waals surface area contributed by atoms with Gasteiger partial charge in [0.25, 0.3) is 5.91 Å². The number of benzene rings is 3. The van der Waals surface area contributed by atoms with Gasteiger partial charge in [-0.15, -0.1) is 0 Å². The number of hydrogen-bond acceptors (Lipinski definition) is 3. The van der Waals surface area contributed by atoms with Crippen molar-refractivity contribution < 1.29 is 4.79 Å². The molecule has 0 atom stereocenters. The summed E-state index contributed by atoms with van der Waals surface area (Å²) in [5.41, 5.74) is 5.76. The summed E-state index contributed by atoms with van der Waals surface area (Å²) in [6, 6.07) is 26.1. The van der Waals surface area contributed by atoms with E-state index in [9.17, 15) is 4.79 Å². The first-order valence-electron chi connectivity index (χ1n) is 11.1. The maximum atomic E-state index is 13.2. The van der Waals surface area contributed by atoms with E-state index in [-0.39, 0.29) is 5.91 Å². The molecule has 0 spiro atoms. The molecule has 5 heteroatoms.